The number of aliphatic hydroxyl groups is 1. The summed E-state index contributed by atoms with van der Waals surface area (Å²) in [7, 11) is 1.73. The summed E-state index contributed by atoms with van der Waals surface area (Å²) < 4.78 is 6.73. The van der Waals surface area contributed by atoms with Gasteiger partial charge in [0.05, 0.1) is 24.7 Å². The quantitative estimate of drug-likeness (QED) is 0.755. The summed E-state index contributed by atoms with van der Waals surface area (Å²) >= 11 is 0. The minimum Gasteiger partial charge on any atom is -0.402 e. The van der Waals surface area contributed by atoms with Crippen molar-refractivity contribution < 1.29 is 9.84 Å². The molecule has 15 heavy (non-hydrogen) atoms. The fraction of sp³-hybridized carbons (Fsp3) is 0.250. The van der Waals surface area contributed by atoms with Gasteiger partial charge in [0.25, 0.3) is 0 Å². The molecule has 0 radical (unpaired) electrons. The van der Waals surface area contributed by atoms with Crippen LogP contribution in [0.1, 0.15) is 5.69 Å². The predicted octanol–water partition coefficient (Wildman–Crippen LogP) is -0.110. The first-order chi connectivity index (χ1) is 7.28. The van der Waals surface area contributed by atoms with Crippen molar-refractivity contribution in [1.29, 1.82) is 0 Å². The van der Waals surface area contributed by atoms with E-state index >= 15 is 0 Å². The van der Waals surface area contributed by atoms with Crippen molar-refractivity contribution in [1.82, 2.24) is 24.7 Å². The van der Waals surface area contributed by atoms with Crippen LogP contribution < -0.4 is 4.74 Å². The Morgan fingerprint density at radius 3 is 3.00 bits per heavy atom. The molecule has 0 unspecified atom stereocenters. The van der Waals surface area contributed by atoms with Gasteiger partial charge in [-0.25, -0.2) is 4.98 Å². The summed E-state index contributed by atoms with van der Waals surface area (Å²) in [6.45, 7) is -0.181. The van der Waals surface area contributed by atoms with Gasteiger partial charge in [0.2, 0.25) is 5.88 Å². The largest absolute Gasteiger partial charge is 0.402 e. The van der Waals surface area contributed by atoms with E-state index in [2.05, 4.69) is 20.1 Å². The molecule has 0 saturated heterocycles. The second-order valence-corrected chi connectivity index (χ2v) is 2.81. The van der Waals surface area contributed by atoms with Crippen molar-refractivity contribution in [3.05, 3.63) is 24.4 Å². The van der Waals surface area contributed by atoms with E-state index in [-0.39, 0.29) is 18.5 Å². The lowest BCUT2D eigenvalue weighted by atomic mass is 10.5. The van der Waals surface area contributed by atoms with Gasteiger partial charge in [-0.05, 0) is 0 Å². The van der Waals surface area contributed by atoms with Crippen LogP contribution in [0.3, 0.4) is 0 Å². The number of hydrogen-bond donors (Lipinski definition) is 1. The maximum Gasteiger partial charge on any atom is 0.342 e. The van der Waals surface area contributed by atoms with E-state index < -0.39 is 0 Å². The lowest BCUT2D eigenvalue weighted by Gasteiger charge is -2.00. The highest BCUT2D eigenvalue weighted by Crippen LogP contribution is 2.12. The smallest absolute Gasteiger partial charge is 0.342 e. The van der Waals surface area contributed by atoms with Crippen molar-refractivity contribution >= 4 is 0 Å². The minimum absolute atomic E-state index is 0.181. The maximum absolute atomic E-state index is 8.84. The first-order valence-electron chi connectivity index (χ1n) is 4.23. The van der Waals surface area contributed by atoms with Crippen LogP contribution in [0.4, 0.5) is 0 Å². The number of hydrogen-bond acceptors (Lipinski definition) is 6. The fourth-order valence-electron chi connectivity index (χ4n) is 0.972. The van der Waals surface area contributed by atoms with Gasteiger partial charge in [0.1, 0.15) is 6.33 Å². The molecule has 7 nitrogen and oxygen atoms in total. The van der Waals surface area contributed by atoms with Gasteiger partial charge in [0, 0.05) is 7.05 Å². The summed E-state index contributed by atoms with van der Waals surface area (Å²) in [4.78, 5) is 11.7. The van der Waals surface area contributed by atoms with Crippen molar-refractivity contribution in [2.75, 3.05) is 0 Å². The second-order valence-electron chi connectivity index (χ2n) is 2.81. The molecular weight excluding hydrogens is 198 g/mol. The van der Waals surface area contributed by atoms with Gasteiger partial charge in [-0.3, -0.25) is 9.67 Å². The van der Waals surface area contributed by atoms with E-state index in [0.29, 0.717) is 5.69 Å². The highest BCUT2D eigenvalue weighted by atomic mass is 16.5. The van der Waals surface area contributed by atoms with Gasteiger partial charge in [0.15, 0.2) is 0 Å². The van der Waals surface area contributed by atoms with Crippen LogP contribution in [-0.4, -0.2) is 29.8 Å². The lowest BCUT2D eigenvalue weighted by Crippen LogP contribution is -1.96. The summed E-state index contributed by atoms with van der Waals surface area (Å²) in [5.41, 5.74) is 0.434. The summed E-state index contributed by atoms with van der Waals surface area (Å²) in [6.07, 6.45) is 4.40. The summed E-state index contributed by atoms with van der Waals surface area (Å²) in [6, 6.07) is 0.196. The van der Waals surface area contributed by atoms with Crippen LogP contribution in [0, 0.1) is 0 Å². The fourth-order valence-corrected chi connectivity index (χ4v) is 0.972. The second kappa shape index (κ2) is 4.01. The topological polar surface area (TPSA) is 86.0 Å². The first-order valence-corrected chi connectivity index (χ1v) is 4.23. The molecule has 0 bridgehead atoms. The number of nitrogens with zero attached hydrogens (tertiary/aromatic N) is 5. The normalized spacial score (nSPS) is 10.3. The molecule has 2 rings (SSSR count). The predicted molar refractivity (Wildman–Crippen MR) is 49.0 cm³/mol. The van der Waals surface area contributed by atoms with Crippen molar-refractivity contribution in [3.8, 4) is 11.9 Å². The SMILES string of the molecule is Cn1cnc(Oc2cncc(CO)n2)n1. The standard InChI is InChI=1S/C8H9N5O2/c1-13-5-10-8(12-13)15-7-3-9-2-6(4-14)11-7/h2-3,5,14H,4H2,1H3. The van der Waals surface area contributed by atoms with Gasteiger partial charge < -0.3 is 9.84 Å². The van der Waals surface area contributed by atoms with Gasteiger partial charge in [-0.1, -0.05) is 0 Å². The molecule has 0 atom stereocenters. The van der Waals surface area contributed by atoms with Crippen molar-refractivity contribution in [2.45, 2.75) is 6.61 Å². The number of aromatic nitrogens is 5. The van der Waals surface area contributed by atoms with E-state index in [1.807, 2.05) is 0 Å². The molecule has 2 aromatic heterocycles. The first kappa shape index (κ1) is 9.53. The highest BCUT2D eigenvalue weighted by Gasteiger charge is 2.04. The van der Waals surface area contributed by atoms with E-state index in [1.165, 1.54) is 23.4 Å². The average molecular weight is 207 g/mol. The third kappa shape index (κ3) is 2.26. The van der Waals surface area contributed by atoms with Crippen LogP contribution in [-0.2, 0) is 13.7 Å². The van der Waals surface area contributed by atoms with E-state index in [9.17, 15) is 0 Å². The van der Waals surface area contributed by atoms with Gasteiger partial charge in [-0.15, -0.1) is 5.10 Å². The Bertz CT molecular complexity index is 456. The van der Waals surface area contributed by atoms with Gasteiger partial charge in [-0.2, -0.15) is 4.98 Å². The highest BCUT2D eigenvalue weighted by molar-refractivity contribution is 5.11. The molecule has 7 heteroatoms. The van der Waals surface area contributed by atoms with Gasteiger partial charge >= 0.3 is 6.01 Å². The third-order valence-corrected chi connectivity index (χ3v) is 1.60. The van der Waals surface area contributed by atoms with Crippen LogP contribution in [0.5, 0.6) is 11.9 Å². The molecule has 0 aliphatic carbocycles. The van der Waals surface area contributed by atoms with E-state index in [4.69, 9.17) is 9.84 Å². The Morgan fingerprint density at radius 2 is 2.33 bits per heavy atom. The van der Waals surface area contributed by atoms with Crippen LogP contribution in [0.25, 0.3) is 0 Å². The molecule has 0 amide bonds. The minimum atomic E-state index is -0.181. The number of rotatable bonds is 3. The Hall–Kier alpha value is -2.02. The molecule has 0 spiro atoms. The van der Waals surface area contributed by atoms with Crippen molar-refractivity contribution in [2.24, 2.45) is 7.05 Å². The molecule has 2 aromatic rings. The number of aryl methyl sites for hydroxylation is 1. The van der Waals surface area contributed by atoms with E-state index in [0.717, 1.165) is 0 Å². The zero-order valence-electron chi connectivity index (χ0n) is 8.03. The Balaban J connectivity index is 2.16. The molecule has 0 aliphatic heterocycles. The average Bonchev–Trinajstić information content (AvgIpc) is 2.64. The molecular formula is C8H9N5O2. The lowest BCUT2D eigenvalue weighted by molar-refractivity contribution is 0.274. The molecule has 0 aromatic carbocycles. The van der Waals surface area contributed by atoms with Crippen LogP contribution >= 0.6 is 0 Å². The number of ether oxygens (including phenoxy) is 1. The molecule has 1 N–H and O–H groups in total. The number of aliphatic hydroxyl groups excluding tert-OH is 1. The zero-order valence-corrected chi connectivity index (χ0v) is 8.03. The Morgan fingerprint density at radius 1 is 1.47 bits per heavy atom. The van der Waals surface area contributed by atoms with Crippen LogP contribution in [0.15, 0.2) is 18.7 Å². The Kier molecular flexibility index (Phi) is 2.55. The van der Waals surface area contributed by atoms with E-state index in [1.54, 1.807) is 7.05 Å². The van der Waals surface area contributed by atoms with Crippen LogP contribution in [0.2, 0.25) is 0 Å². The summed E-state index contributed by atoms with van der Waals surface area (Å²) in [5.74, 6) is 0.257. The monoisotopic (exact) mass is 207 g/mol. The molecule has 0 aliphatic rings. The van der Waals surface area contributed by atoms with Crippen molar-refractivity contribution in [3.63, 3.8) is 0 Å². The molecule has 0 fully saturated rings. The molecule has 78 valence electrons. The summed E-state index contributed by atoms with van der Waals surface area (Å²) in [5, 5.41) is 12.8. The molecule has 0 saturated carbocycles. The Labute approximate surface area is 85.4 Å². The molecule has 2 heterocycles. The zero-order chi connectivity index (χ0) is 10.7. The maximum atomic E-state index is 8.84. The third-order valence-electron chi connectivity index (χ3n) is 1.60.